The molecular weight excluding hydrogens is 370 g/mol. The van der Waals surface area contributed by atoms with Crippen LogP contribution in [0.25, 0.3) is 0 Å². The Labute approximate surface area is 159 Å². The zero-order valence-electron chi connectivity index (χ0n) is 16.1. The summed E-state index contributed by atoms with van der Waals surface area (Å²) in [4.78, 5) is 12.2. The lowest BCUT2D eigenvalue weighted by atomic mass is 10.1. The smallest absolute Gasteiger partial charge is 0.246 e. The molecule has 0 spiro atoms. The van der Waals surface area contributed by atoms with Gasteiger partial charge in [-0.1, -0.05) is 22.9 Å². The Bertz CT molecular complexity index is 902. The van der Waals surface area contributed by atoms with Crippen LogP contribution in [0, 0.1) is 20.8 Å². The quantitative estimate of drug-likeness (QED) is 0.703. The maximum atomic E-state index is 12.5. The molecule has 0 saturated heterocycles. The number of aromatic nitrogens is 1. The number of amides is 1. The normalized spacial score (nSPS) is 12.6. The molecule has 0 aliphatic rings. The monoisotopic (exact) mass is 395 g/mol. The SMILES string of the molecule is COc1ccc(C)cc1CCNC(=O)[C@H](C)NS(=O)(=O)c1c(C)noc1C. The minimum Gasteiger partial charge on any atom is -0.496 e. The van der Waals surface area contributed by atoms with Gasteiger partial charge in [0.1, 0.15) is 16.3 Å². The van der Waals surface area contributed by atoms with Crippen molar-refractivity contribution in [2.75, 3.05) is 13.7 Å². The summed E-state index contributed by atoms with van der Waals surface area (Å²) in [5.41, 5.74) is 2.32. The molecule has 0 aliphatic carbocycles. The molecule has 0 fully saturated rings. The minimum atomic E-state index is -3.90. The number of hydrogen-bond acceptors (Lipinski definition) is 6. The van der Waals surface area contributed by atoms with Crippen molar-refractivity contribution in [3.05, 3.63) is 40.8 Å². The molecule has 0 radical (unpaired) electrons. The summed E-state index contributed by atoms with van der Waals surface area (Å²) in [6, 6.07) is 4.89. The highest BCUT2D eigenvalue weighted by atomic mass is 32.2. The Kier molecular flexibility index (Phi) is 6.61. The van der Waals surface area contributed by atoms with Crippen LogP contribution in [0.5, 0.6) is 5.75 Å². The summed E-state index contributed by atoms with van der Waals surface area (Å²) in [6.45, 7) is 6.86. The standard InChI is InChI=1S/C18H25N3O5S/c1-11-6-7-16(25-5)15(10-11)8-9-19-18(22)13(3)21-27(23,24)17-12(2)20-26-14(17)4/h6-7,10,13,21H,8-9H2,1-5H3,(H,19,22)/t13-/m0/s1. The molecule has 1 atom stereocenters. The molecule has 27 heavy (non-hydrogen) atoms. The predicted octanol–water partition coefficient (Wildman–Crippen LogP) is 1.63. The number of hydrogen-bond donors (Lipinski definition) is 2. The lowest BCUT2D eigenvalue weighted by Crippen LogP contribution is -2.45. The van der Waals surface area contributed by atoms with E-state index in [4.69, 9.17) is 9.26 Å². The van der Waals surface area contributed by atoms with Crippen LogP contribution in [0.15, 0.2) is 27.6 Å². The third-order valence-corrected chi connectivity index (χ3v) is 5.88. The summed E-state index contributed by atoms with van der Waals surface area (Å²) >= 11 is 0. The van der Waals surface area contributed by atoms with E-state index in [2.05, 4.69) is 15.2 Å². The topological polar surface area (TPSA) is 111 Å². The molecule has 9 heteroatoms. The number of carbonyl (C=O) groups is 1. The molecule has 1 heterocycles. The molecule has 148 valence electrons. The van der Waals surface area contributed by atoms with E-state index in [9.17, 15) is 13.2 Å². The Morgan fingerprint density at radius 3 is 2.59 bits per heavy atom. The summed E-state index contributed by atoms with van der Waals surface area (Å²) in [7, 11) is -2.31. The van der Waals surface area contributed by atoms with Crippen molar-refractivity contribution in [1.29, 1.82) is 0 Å². The van der Waals surface area contributed by atoms with Gasteiger partial charge < -0.3 is 14.6 Å². The van der Waals surface area contributed by atoms with Crippen molar-refractivity contribution < 1.29 is 22.5 Å². The van der Waals surface area contributed by atoms with Crippen LogP contribution < -0.4 is 14.8 Å². The Balaban J connectivity index is 1.96. The van der Waals surface area contributed by atoms with Crippen LogP contribution in [0.4, 0.5) is 0 Å². The second-order valence-electron chi connectivity index (χ2n) is 6.35. The molecule has 2 N–H and O–H groups in total. The second kappa shape index (κ2) is 8.53. The number of ether oxygens (including phenoxy) is 1. The first-order chi connectivity index (χ1) is 12.7. The van der Waals surface area contributed by atoms with Gasteiger partial charge in [0.25, 0.3) is 0 Å². The predicted molar refractivity (Wildman–Crippen MR) is 100 cm³/mol. The maximum Gasteiger partial charge on any atom is 0.246 e. The van der Waals surface area contributed by atoms with Crippen LogP contribution in [0.3, 0.4) is 0 Å². The molecule has 8 nitrogen and oxygen atoms in total. The van der Waals surface area contributed by atoms with Crippen LogP contribution in [-0.4, -0.2) is 39.2 Å². The van der Waals surface area contributed by atoms with Crippen LogP contribution in [-0.2, 0) is 21.2 Å². The fourth-order valence-corrected chi connectivity index (χ4v) is 4.31. The van der Waals surface area contributed by atoms with E-state index in [-0.39, 0.29) is 16.3 Å². The van der Waals surface area contributed by atoms with Crippen LogP contribution in [0.2, 0.25) is 0 Å². The van der Waals surface area contributed by atoms with E-state index < -0.39 is 22.0 Å². The van der Waals surface area contributed by atoms with Gasteiger partial charge in [0.2, 0.25) is 15.9 Å². The molecular formula is C18H25N3O5S. The zero-order valence-corrected chi connectivity index (χ0v) is 16.9. The molecule has 2 aromatic rings. The fourth-order valence-electron chi connectivity index (χ4n) is 2.78. The van der Waals surface area contributed by atoms with E-state index in [1.807, 2.05) is 25.1 Å². The first-order valence-electron chi connectivity index (χ1n) is 8.52. The van der Waals surface area contributed by atoms with Gasteiger partial charge >= 0.3 is 0 Å². The molecule has 1 amide bonds. The average molecular weight is 395 g/mol. The molecule has 0 unspecified atom stereocenters. The first kappa shape index (κ1) is 20.9. The highest BCUT2D eigenvalue weighted by Gasteiger charge is 2.28. The van der Waals surface area contributed by atoms with Crippen molar-refractivity contribution in [1.82, 2.24) is 15.2 Å². The number of benzene rings is 1. The third-order valence-electron chi connectivity index (χ3n) is 4.09. The summed E-state index contributed by atoms with van der Waals surface area (Å²) < 4.78 is 37.5. The molecule has 0 bridgehead atoms. The van der Waals surface area contributed by atoms with Gasteiger partial charge in [-0.2, -0.15) is 4.72 Å². The third kappa shape index (κ3) is 5.08. The molecule has 0 saturated carbocycles. The van der Waals surface area contributed by atoms with E-state index in [0.29, 0.717) is 13.0 Å². The van der Waals surface area contributed by atoms with Crippen molar-refractivity contribution in [2.24, 2.45) is 0 Å². The van der Waals surface area contributed by atoms with Gasteiger partial charge in [0.15, 0.2) is 5.76 Å². The van der Waals surface area contributed by atoms with Crippen LogP contribution >= 0.6 is 0 Å². The van der Waals surface area contributed by atoms with Gasteiger partial charge in [-0.15, -0.1) is 0 Å². The molecule has 1 aromatic carbocycles. The Hall–Kier alpha value is -2.39. The van der Waals surface area contributed by atoms with Crippen LogP contribution in [0.1, 0.15) is 29.5 Å². The highest BCUT2D eigenvalue weighted by Crippen LogP contribution is 2.20. The van der Waals surface area contributed by atoms with Gasteiger partial charge in [-0.05, 0) is 45.7 Å². The lowest BCUT2D eigenvalue weighted by Gasteiger charge is -2.15. The van der Waals surface area contributed by atoms with Crippen molar-refractivity contribution in [3.8, 4) is 5.75 Å². The van der Waals surface area contributed by atoms with E-state index >= 15 is 0 Å². The van der Waals surface area contributed by atoms with E-state index in [0.717, 1.165) is 16.9 Å². The summed E-state index contributed by atoms with van der Waals surface area (Å²) in [6.07, 6.45) is 0.569. The Morgan fingerprint density at radius 1 is 1.30 bits per heavy atom. The first-order valence-corrected chi connectivity index (χ1v) is 10.0. The van der Waals surface area contributed by atoms with Crippen molar-refractivity contribution >= 4 is 15.9 Å². The van der Waals surface area contributed by atoms with E-state index in [1.54, 1.807) is 7.11 Å². The number of rotatable bonds is 8. The molecule has 0 aliphatic heterocycles. The number of methoxy groups -OCH3 is 1. The fraction of sp³-hybridized carbons (Fsp3) is 0.444. The number of sulfonamides is 1. The number of carbonyl (C=O) groups excluding carboxylic acids is 1. The zero-order chi connectivity index (χ0) is 20.2. The molecule has 2 rings (SSSR count). The van der Waals surface area contributed by atoms with E-state index in [1.165, 1.54) is 20.8 Å². The summed E-state index contributed by atoms with van der Waals surface area (Å²) in [5.74, 6) is 0.512. The average Bonchev–Trinajstić information content (AvgIpc) is 2.94. The van der Waals surface area contributed by atoms with Crippen molar-refractivity contribution in [2.45, 2.75) is 45.1 Å². The minimum absolute atomic E-state index is 0.0355. The second-order valence-corrected chi connectivity index (χ2v) is 8.00. The molecule has 1 aromatic heterocycles. The van der Waals surface area contributed by atoms with Gasteiger partial charge in [-0.25, -0.2) is 8.42 Å². The Morgan fingerprint density at radius 2 is 2.00 bits per heavy atom. The number of aryl methyl sites for hydroxylation is 3. The highest BCUT2D eigenvalue weighted by molar-refractivity contribution is 7.89. The van der Waals surface area contributed by atoms with Gasteiger partial charge in [-0.3, -0.25) is 4.79 Å². The largest absolute Gasteiger partial charge is 0.496 e. The maximum absolute atomic E-state index is 12.5. The van der Waals surface area contributed by atoms with Gasteiger partial charge in [0, 0.05) is 6.54 Å². The number of nitrogens with one attached hydrogen (secondary N) is 2. The van der Waals surface area contributed by atoms with Gasteiger partial charge in [0.05, 0.1) is 13.2 Å². The number of nitrogens with zero attached hydrogens (tertiary/aromatic N) is 1. The van der Waals surface area contributed by atoms with Crippen molar-refractivity contribution in [3.63, 3.8) is 0 Å². The summed E-state index contributed by atoms with van der Waals surface area (Å²) in [5, 5.41) is 6.37. The lowest BCUT2D eigenvalue weighted by molar-refractivity contribution is -0.122.